The van der Waals surface area contributed by atoms with E-state index in [1.165, 1.54) is 0 Å². The van der Waals surface area contributed by atoms with E-state index in [1.807, 2.05) is 18.7 Å². The van der Waals surface area contributed by atoms with Gasteiger partial charge in [0.25, 0.3) is 0 Å². The van der Waals surface area contributed by atoms with Crippen molar-refractivity contribution in [1.29, 1.82) is 0 Å². The lowest BCUT2D eigenvalue weighted by molar-refractivity contribution is -0.133. The van der Waals surface area contributed by atoms with Crippen molar-refractivity contribution in [3.8, 4) is 0 Å². The summed E-state index contributed by atoms with van der Waals surface area (Å²) in [7, 11) is 0. The second-order valence-corrected chi connectivity index (χ2v) is 9.08. The summed E-state index contributed by atoms with van der Waals surface area (Å²) in [5.41, 5.74) is 0. The topological polar surface area (TPSA) is 94.8 Å². The smallest absolute Gasteiger partial charge is 0.318 e. The molecule has 1 atom stereocenters. The Labute approximate surface area is 179 Å². The number of likely N-dealkylation sites (tertiary alicyclic amines) is 1. The number of piperazine rings is 1. The minimum atomic E-state index is -0.161. The molecule has 9 heteroatoms. The zero-order valence-electron chi connectivity index (χ0n) is 18.8. The molecule has 30 heavy (non-hydrogen) atoms. The molecular weight excluding hydrogens is 384 g/mol. The maximum Gasteiger partial charge on any atom is 0.318 e. The summed E-state index contributed by atoms with van der Waals surface area (Å²) >= 11 is 0. The van der Waals surface area contributed by atoms with Crippen LogP contribution in [0.4, 0.5) is 4.79 Å². The average Bonchev–Trinajstić information content (AvgIpc) is 3.35. The number of carbonyl (C=O) groups excluding carboxylic acids is 2. The third-order valence-corrected chi connectivity index (χ3v) is 5.61. The van der Waals surface area contributed by atoms with Crippen LogP contribution in [0.3, 0.4) is 0 Å². The van der Waals surface area contributed by atoms with Gasteiger partial charge in [-0.25, -0.2) is 4.79 Å². The molecule has 0 spiro atoms. The number of aromatic nitrogens is 2. The van der Waals surface area contributed by atoms with Crippen LogP contribution >= 0.6 is 0 Å². The Hall–Kier alpha value is -2.16. The van der Waals surface area contributed by atoms with E-state index in [0.29, 0.717) is 37.0 Å². The van der Waals surface area contributed by atoms with Gasteiger partial charge >= 0.3 is 6.03 Å². The first-order valence-corrected chi connectivity index (χ1v) is 11.2. The van der Waals surface area contributed by atoms with Gasteiger partial charge in [0.15, 0.2) is 5.82 Å². The molecule has 1 aromatic heterocycles. The van der Waals surface area contributed by atoms with Gasteiger partial charge in [-0.05, 0) is 32.6 Å². The van der Waals surface area contributed by atoms with Crippen molar-refractivity contribution in [2.24, 2.45) is 5.92 Å². The van der Waals surface area contributed by atoms with Gasteiger partial charge in [0.1, 0.15) is 0 Å². The third-order valence-electron chi connectivity index (χ3n) is 5.61. The molecule has 0 aromatic carbocycles. The van der Waals surface area contributed by atoms with Crippen LogP contribution in [0.15, 0.2) is 4.52 Å². The Morgan fingerprint density at radius 3 is 2.53 bits per heavy atom. The number of hydrogen-bond donors (Lipinski definition) is 1. The van der Waals surface area contributed by atoms with Crippen LogP contribution in [0.2, 0.25) is 0 Å². The summed E-state index contributed by atoms with van der Waals surface area (Å²) in [5.74, 6) is 1.79. The molecule has 3 rings (SSSR count). The molecule has 0 bridgehead atoms. The minimum absolute atomic E-state index is 0.0813. The maximum atomic E-state index is 12.6. The quantitative estimate of drug-likeness (QED) is 0.726. The first-order valence-electron chi connectivity index (χ1n) is 11.2. The summed E-state index contributed by atoms with van der Waals surface area (Å²) in [5, 5.41) is 7.03. The number of nitrogens with one attached hydrogen (secondary N) is 1. The fourth-order valence-electron chi connectivity index (χ4n) is 4.18. The second-order valence-electron chi connectivity index (χ2n) is 9.08. The fourth-order valence-corrected chi connectivity index (χ4v) is 4.18. The van der Waals surface area contributed by atoms with E-state index < -0.39 is 0 Å². The van der Waals surface area contributed by atoms with Crippen LogP contribution in [-0.2, 0) is 11.2 Å². The van der Waals surface area contributed by atoms with E-state index in [4.69, 9.17) is 4.52 Å². The summed E-state index contributed by atoms with van der Waals surface area (Å²) in [6.07, 6.45) is 2.54. The van der Waals surface area contributed by atoms with Crippen LogP contribution in [0.1, 0.15) is 64.7 Å². The molecule has 9 nitrogen and oxygen atoms in total. The Kier molecular flexibility index (Phi) is 7.69. The van der Waals surface area contributed by atoms with Crippen LogP contribution in [-0.4, -0.2) is 82.1 Å². The Bertz CT molecular complexity index is 711. The summed E-state index contributed by atoms with van der Waals surface area (Å²) in [6, 6.07) is -0.172. The van der Waals surface area contributed by atoms with E-state index >= 15 is 0 Å². The molecule has 0 saturated carbocycles. The first kappa shape index (κ1) is 22.5. The summed E-state index contributed by atoms with van der Waals surface area (Å²) in [4.78, 5) is 35.6. The normalized spacial score (nSPS) is 20.4. The number of urea groups is 1. The molecule has 3 amide bonds. The number of hydrogen-bond acceptors (Lipinski definition) is 6. The van der Waals surface area contributed by atoms with E-state index in [0.717, 1.165) is 45.6 Å². The average molecular weight is 421 g/mol. The Balaban J connectivity index is 1.47. The van der Waals surface area contributed by atoms with Gasteiger partial charge < -0.3 is 19.6 Å². The fraction of sp³-hybridized carbons (Fsp3) is 0.810. The zero-order chi connectivity index (χ0) is 21.7. The van der Waals surface area contributed by atoms with E-state index in [9.17, 15) is 9.59 Å². The largest absolute Gasteiger partial charge is 0.340 e. The van der Waals surface area contributed by atoms with Crippen molar-refractivity contribution in [3.05, 3.63) is 11.7 Å². The van der Waals surface area contributed by atoms with Crippen LogP contribution < -0.4 is 5.32 Å². The van der Waals surface area contributed by atoms with Crippen molar-refractivity contribution in [1.82, 2.24) is 30.2 Å². The van der Waals surface area contributed by atoms with Gasteiger partial charge in [0, 0.05) is 58.2 Å². The second kappa shape index (κ2) is 10.2. The molecule has 2 saturated heterocycles. The van der Waals surface area contributed by atoms with Gasteiger partial charge in [0.05, 0.1) is 6.04 Å². The first-order chi connectivity index (χ1) is 14.3. The standard InChI is InChI=1S/C21H36N6O3/c1-15(2)14-25-10-12-26(13-11-25)19(28)8-7-18-23-20(24-30-18)17-6-5-9-27(17)21(29)22-16(3)4/h15-17H,5-14H2,1-4H3,(H,22,29). The number of aryl methyl sites for hydroxylation is 1. The van der Waals surface area contributed by atoms with E-state index in [2.05, 4.69) is 34.2 Å². The van der Waals surface area contributed by atoms with E-state index in [1.54, 1.807) is 4.90 Å². The molecule has 2 aliphatic heterocycles. The lowest BCUT2D eigenvalue weighted by Crippen LogP contribution is -2.49. The molecular formula is C21H36N6O3. The Morgan fingerprint density at radius 1 is 1.13 bits per heavy atom. The Morgan fingerprint density at radius 2 is 1.87 bits per heavy atom. The highest BCUT2D eigenvalue weighted by atomic mass is 16.5. The van der Waals surface area contributed by atoms with Crippen LogP contribution in [0, 0.1) is 5.92 Å². The summed E-state index contributed by atoms with van der Waals surface area (Å²) in [6.45, 7) is 13.5. The van der Waals surface area contributed by atoms with Gasteiger partial charge in [0.2, 0.25) is 11.8 Å². The molecule has 0 radical (unpaired) electrons. The zero-order valence-corrected chi connectivity index (χ0v) is 18.8. The van der Waals surface area contributed by atoms with Gasteiger partial charge in [-0.15, -0.1) is 0 Å². The highest BCUT2D eigenvalue weighted by Gasteiger charge is 2.33. The van der Waals surface area contributed by atoms with Gasteiger partial charge in [-0.2, -0.15) is 4.98 Å². The number of carbonyl (C=O) groups is 2. The molecule has 1 N–H and O–H groups in total. The van der Waals surface area contributed by atoms with Crippen molar-refractivity contribution in [2.75, 3.05) is 39.3 Å². The number of rotatable bonds is 7. The molecule has 1 aromatic rings. The molecule has 1 unspecified atom stereocenters. The van der Waals surface area contributed by atoms with Crippen molar-refractivity contribution in [2.45, 2.75) is 65.5 Å². The number of nitrogens with zero attached hydrogens (tertiary/aromatic N) is 5. The lowest BCUT2D eigenvalue weighted by Gasteiger charge is -2.35. The minimum Gasteiger partial charge on any atom is -0.340 e. The van der Waals surface area contributed by atoms with Crippen molar-refractivity contribution < 1.29 is 14.1 Å². The lowest BCUT2D eigenvalue weighted by atomic mass is 10.2. The molecule has 2 aliphatic rings. The van der Waals surface area contributed by atoms with Crippen molar-refractivity contribution >= 4 is 11.9 Å². The summed E-state index contributed by atoms with van der Waals surface area (Å²) < 4.78 is 5.39. The molecule has 2 fully saturated rings. The monoisotopic (exact) mass is 420 g/mol. The SMILES string of the molecule is CC(C)CN1CCN(C(=O)CCc2nc(C3CCCN3C(=O)NC(C)C)no2)CC1. The predicted octanol–water partition coefficient (Wildman–Crippen LogP) is 2.06. The highest BCUT2D eigenvalue weighted by Crippen LogP contribution is 2.30. The highest BCUT2D eigenvalue weighted by molar-refractivity contribution is 5.76. The molecule has 0 aliphatic carbocycles. The van der Waals surface area contributed by atoms with Gasteiger partial charge in [-0.3, -0.25) is 9.69 Å². The van der Waals surface area contributed by atoms with Crippen molar-refractivity contribution in [3.63, 3.8) is 0 Å². The van der Waals surface area contributed by atoms with E-state index in [-0.39, 0.29) is 24.0 Å². The number of amides is 3. The van der Waals surface area contributed by atoms with Crippen LogP contribution in [0.25, 0.3) is 0 Å². The van der Waals surface area contributed by atoms with Gasteiger partial charge in [-0.1, -0.05) is 19.0 Å². The third kappa shape index (κ3) is 5.93. The maximum absolute atomic E-state index is 12.6. The molecule has 3 heterocycles. The predicted molar refractivity (Wildman–Crippen MR) is 113 cm³/mol. The van der Waals surface area contributed by atoms with Crippen LogP contribution in [0.5, 0.6) is 0 Å². The molecule has 168 valence electrons.